The minimum atomic E-state index is -1.23. The van der Waals surface area contributed by atoms with Crippen LogP contribution >= 0.6 is 0 Å². The number of anilines is 1. The number of carbonyl (C=O) groups excluding carboxylic acids is 2. The zero-order valence-corrected chi connectivity index (χ0v) is 12.1. The Morgan fingerprint density at radius 3 is 2.61 bits per heavy atom. The molecule has 0 saturated heterocycles. The van der Waals surface area contributed by atoms with Gasteiger partial charge in [0.1, 0.15) is 0 Å². The van der Waals surface area contributed by atoms with Crippen molar-refractivity contribution >= 4 is 17.5 Å². The first-order valence-electron chi connectivity index (χ1n) is 6.53. The monoisotopic (exact) mass is 321 g/mol. The van der Waals surface area contributed by atoms with Crippen LogP contribution in [0.1, 0.15) is 5.56 Å². The van der Waals surface area contributed by atoms with E-state index < -0.39 is 29.1 Å². The first kappa shape index (κ1) is 16.3. The molecule has 2 rings (SSSR count). The summed E-state index contributed by atoms with van der Waals surface area (Å²) in [6, 6.07) is 6.54. The first-order chi connectivity index (χ1) is 11.0. The maximum atomic E-state index is 13.4. The Morgan fingerprint density at radius 1 is 1.17 bits per heavy atom. The van der Waals surface area contributed by atoms with Crippen molar-refractivity contribution in [2.24, 2.45) is 0 Å². The van der Waals surface area contributed by atoms with Crippen molar-refractivity contribution in [1.82, 2.24) is 10.3 Å². The molecular formula is C15H13F2N3O3. The van der Waals surface area contributed by atoms with E-state index in [2.05, 4.69) is 10.3 Å². The lowest BCUT2D eigenvalue weighted by Gasteiger charge is -2.08. The number of hydrogen-bond acceptors (Lipinski definition) is 4. The molecule has 0 aliphatic rings. The molecule has 2 amide bonds. The molecule has 0 aliphatic carbocycles. The van der Waals surface area contributed by atoms with E-state index in [-0.39, 0.29) is 6.54 Å². The van der Waals surface area contributed by atoms with Crippen LogP contribution in [0.3, 0.4) is 0 Å². The molecule has 0 spiro atoms. The van der Waals surface area contributed by atoms with Crippen molar-refractivity contribution < 1.29 is 23.1 Å². The highest BCUT2D eigenvalue weighted by atomic mass is 19.2. The van der Waals surface area contributed by atoms with Crippen molar-refractivity contribution in [3.8, 4) is 5.88 Å². The number of hydrogen-bond donors (Lipinski definition) is 2. The van der Waals surface area contributed by atoms with Gasteiger partial charge in [0, 0.05) is 18.8 Å². The predicted molar refractivity (Wildman–Crippen MR) is 77.6 cm³/mol. The molecule has 1 heterocycles. The number of methoxy groups -OCH3 is 1. The van der Waals surface area contributed by atoms with E-state index in [4.69, 9.17) is 4.74 Å². The van der Waals surface area contributed by atoms with Crippen LogP contribution in [-0.4, -0.2) is 23.9 Å². The molecule has 1 aromatic heterocycles. The summed E-state index contributed by atoms with van der Waals surface area (Å²) in [4.78, 5) is 27.2. The van der Waals surface area contributed by atoms with Gasteiger partial charge in [-0.15, -0.1) is 0 Å². The molecule has 0 atom stereocenters. The molecule has 0 unspecified atom stereocenters. The molecule has 6 nitrogen and oxygen atoms in total. The average Bonchev–Trinajstić information content (AvgIpc) is 2.57. The number of nitrogens with one attached hydrogen (secondary N) is 2. The van der Waals surface area contributed by atoms with Crippen molar-refractivity contribution in [2.45, 2.75) is 6.54 Å². The molecule has 0 aliphatic heterocycles. The third-order valence-corrected chi connectivity index (χ3v) is 2.87. The third-order valence-electron chi connectivity index (χ3n) is 2.87. The van der Waals surface area contributed by atoms with Crippen molar-refractivity contribution in [3.05, 3.63) is 53.7 Å². The molecule has 0 saturated carbocycles. The van der Waals surface area contributed by atoms with Crippen LogP contribution in [0, 0.1) is 11.6 Å². The van der Waals surface area contributed by atoms with Gasteiger partial charge in [-0.25, -0.2) is 13.8 Å². The van der Waals surface area contributed by atoms with E-state index in [0.717, 1.165) is 12.1 Å². The standard InChI is InChI=1S/C15H13F2N3O3/c1-23-12-6-5-9(7-18-12)8-19-14(21)15(22)20-11-4-2-3-10(16)13(11)17/h2-7H,8H2,1H3,(H,19,21)(H,20,22). The van der Waals surface area contributed by atoms with Crippen LogP contribution in [0.15, 0.2) is 36.5 Å². The fraction of sp³-hybridized carbons (Fsp3) is 0.133. The number of rotatable bonds is 4. The lowest BCUT2D eigenvalue weighted by atomic mass is 10.2. The Balaban J connectivity index is 1.92. The number of carbonyl (C=O) groups is 2. The van der Waals surface area contributed by atoms with Gasteiger partial charge in [-0.2, -0.15) is 0 Å². The lowest BCUT2D eigenvalue weighted by molar-refractivity contribution is -0.136. The highest BCUT2D eigenvalue weighted by Crippen LogP contribution is 2.16. The minimum Gasteiger partial charge on any atom is -0.481 e. The Bertz CT molecular complexity index is 720. The molecule has 0 bridgehead atoms. The quantitative estimate of drug-likeness (QED) is 0.839. The highest BCUT2D eigenvalue weighted by molar-refractivity contribution is 6.39. The summed E-state index contributed by atoms with van der Waals surface area (Å²) < 4.78 is 31.3. The van der Waals surface area contributed by atoms with Crippen LogP contribution in [0.25, 0.3) is 0 Å². The molecule has 120 valence electrons. The summed E-state index contributed by atoms with van der Waals surface area (Å²) >= 11 is 0. The van der Waals surface area contributed by atoms with Gasteiger partial charge in [-0.3, -0.25) is 9.59 Å². The van der Waals surface area contributed by atoms with E-state index in [1.165, 1.54) is 19.4 Å². The van der Waals surface area contributed by atoms with Crippen LogP contribution in [0.4, 0.5) is 14.5 Å². The van der Waals surface area contributed by atoms with Gasteiger partial charge >= 0.3 is 11.8 Å². The van der Waals surface area contributed by atoms with Gasteiger partial charge in [0.2, 0.25) is 5.88 Å². The predicted octanol–water partition coefficient (Wildman–Crippen LogP) is 1.62. The third kappa shape index (κ3) is 4.22. The van der Waals surface area contributed by atoms with Gasteiger partial charge < -0.3 is 15.4 Å². The van der Waals surface area contributed by atoms with Crippen LogP contribution in [-0.2, 0) is 16.1 Å². The zero-order chi connectivity index (χ0) is 16.8. The largest absolute Gasteiger partial charge is 0.481 e. The molecule has 0 fully saturated rings. The lowest BCUT2D eigenvalue weighted by Crippen LogP contribution is -2.35. The SMILES string of the molecule is COc1ccc(CNC(=O)C(=O)Nc2cccc(F)c2F)cn1. The summed E-state index contributed by atoms with van der Waals surface area (Å²) in [5.74, 6) is -4.01. The molecule has 2 N–H and O–H groups in total. The topological polar surface area (TPSA) is 80.3 Å². The van der Waals surface area contributed by atoms with Gasteiger partial charge in [-0.05, 0) is 17.7 Å². The maximum Gasteiger partial charge on any atom is 0.313 e. The number of amides is 2. The normalized spacial score (nSPS) is 10.0. The van der Waals surface area contributed by atoms with Crippen LogP contribution in [0.5, 0.6) is 5.88 Å². The highest BCUT2D eigenvalue weighted by Gasteiger charge is 2.16. The summed E-state index contributed by atoms with van der Waals surface area (Å²) in [6.45, 7) is 0.0505. The Morgan fingerprint density at radius 2 is 1.96 bits per heavy atom. The van der Waals surface area contributed by atoms with Crippen molar-refractivity contribution in [3.63, 3.8) is 0 Å². The smallest absolute Gasteiger partial charge is 0.313 e. The number of ether oxygens (including phenoxy) is 1. The van der Waals surface area contributed by atoms with Gasteiger partial charge in [0.05, 0.1) is 12.8 Å². The first-order valence-corrected chi connectivity index (χ1v) is 6.53. The molecule has 1 aromatic carbocycles. The van der Waals surface area contributed by atoms with Crippen molar-refractivity contribution in [2.75, 3.05) is 12.4 Å². The summed E-state index contributed by atoms with van der Waals surface area (Å²) in [6.07, 6.45) is 1.48. The maximum absolute atomic E-state index is 13.4. The summed E-state index contributed by atoms with van der Waals surface area (Å²) in [5, 5.41) is 4.35. The molecule has 8 heteroatoms. The number of nitrogens with zero attached hydrogens (tertiary/aromatic N) is 1. The minimum absolute atomic E-state index is 0.0505. The number of benzene rings is 1. The number of halogens is 2. The second-order valence-corrected chi connectivity index (χ2v) is 4.45. The van der Waals surface area contributed by atoms with E-state index >= 15 is 0 Å². The number of pyridine rings is 1. The van der Waals surface area contributed by atoms with Gasteiger partial charge in [0.25, 0.3) is 0 Å². The van der Waals surface area contributed by atoms with E-state index in [1.54, 1.807) is 12.1 Å². The zero-order valence-electron chi connectivity index (χ0n) is 12.1. The Labute approximate surface area is 130 Å². The van der Waals surface area contributed by atoms with Crippen LogP contribution < -0.4 is 15.4 Å². The summed E-state index contributed by atoms with van der Waals surface area (Å²) in [7, 11) is 1.47. The second-order valence-electron chi connectivity index (χ2n) is 4.45. The van der Waals surface area contributed by atoms with E-state index in [1.807, 2.05) is 5.32 Å². The average molecular weight is 321 g/mol. The van der Waals surface area contributed by atoms with Crippen molar-refractivity contribution in [1.29, 1.82) is 0 Å². The number of aromatic nitrogens is 1. The van der Waals surface area contributed by atoms with Crippen LogP contribution in [0.2, 0.25) is 0 Å². The Hall–Kier alpha value is -3.03. The molecular weight excluding hydrogens is 308 g/mol. The van der Waals surface area contributed by atoms with Gasteiger partial charge in [-0.1, -0.05) is 12.1 Å². The summed E-state index contributed by atoms with van der Waals surface area (Å²) in [5.41, 5.74) is 0.236. The fourth-order valence-electron chi connectivity index (χ4n) is 1.68. The fourth-order valence-corrected chi connectivity index (χ4v) is 1.68. The Kier molecular flexibility index (Phi) is 5.19. The van der Waals surface area contributed by atoms with Gasteiger partial charge in [0.15, 0.2) is 11.6 Å². The van der Waals surface area contributed by atoms with E-state index in [9.17, 15) is 18.4 Å². The molecule has 23 heavy (non-hydrogen) atoms. The molecule has 2 aromatic rings. The van der Waals surface area contributed by atoms with E-state index in [0.29, 0.717) is 11.4 Å². The second kappa shape index (κ2) is 7.30. The molecule has 0 radical (unpaired) electrons.